The zero-order valence-electron chi connectivity index (χ0n) is 17.7. The van der Waals surface area contributed by atoms with Gasteiger partial charge in [0.15, 0.2) is 6.10 Å². The van der Waals surface area contributed by atoms with Crippen LogP contribution in [0.15, 0.2) is 48.5 Å². The number of esters is 1. The van der Waals surface area contributed by atoms with Crippen LogP contribution in [0.2, 0.25) is 0 Å². The van der Waals surface area contributed by atoms with Gasteiger partial charge in [-0.15, -0.1) is 0 Å². The third-order valence-electron chi connectivity index (χ3n) is 5.46. The normalized spacial score (nSPS) is 15.4. The molecule has 0 radical (unpaired) electrons. The van der Waals surface area contributed by atoms with Crippen molar-refractivity contribution < 1.29 is 19.1 Å². The van der Waals surface area contributed by atoms with Crippen molar-refractivity contribution in [1.82, 2.24) is 4.90 Å². The molecule has 30 heavy (non-hydrogen) atoms. The Labute approximate surface area is 177 Å². The second-order valence-electron chi connectivity index (χ2n) is 7.82. The molecular formula is C24H28N2O4. The van der Waals surface area contributed by atoms with Gasteiger partial charge < -0.3 is 15.0 Å². The molecule has 158 valence electrons. The van der Waals surface area contributed by atoms with E-state index in [-0.39, 0.29) is 23.7 Å². The van der Waals surface area contributed by atoms with E-state index < -0.39 is 6.10 Å². The minimum absolute atomic E-state index is 0.175. The number of para-hydroxylation sites is 1. The Balaban J connectivity index is 1.50. The summed E-state index contributed by atoms with van der Waals surface area (Å²) in [6.07, 6.45) is 0.203. The lowest BCUT2D eigenvalue weighted by atomic mass is 9.96. The summed E-state index contributed by atoms with van der Waals surface area (Å²) in [6.45, 7) is 6.35. The van der Waals surface area contributed by atoms with Crippen LogP contribution >= 0.6 is 0 Å². The van der Waals surface area contributed by atoms with Crippen LogP contribution in [-0.4, -0.2) is 41.9 Å². The van der Waals surface area contributed by atoms with E-state index in [0.717, 1.165) is 16.8 Å². The van der Waals surface area contributed by atoms with E-state index >= 15 is 0 Å². The molecule has 0 unspecified atom stereocenters. The molecule has 0 aliphatic carbocycles. The summed E-state index contributed by atoms with van der Waals surface area (Å²) in [5, 5.41) is 2.86. The predicted octanol–water partition coefficient (Wildman–Crippen LogP) is 4.36. The molecule has 0 spiro atoms. The minimum Gasteiger partial charge on any atom is -0.454 e. The molecule has 1 fully saturated rings. The van der Waals surface area contributed by atoms with Crippen molar-refractivity contribution in [1.29, 1.82) is 0 Å². The first-order valence-electron chi connectivity index (χ1n) is 10.3. The number of carbonyl (C=O) groups excluding carboxylic acids is 3. The first kappa shape index (κ1) is 21.6. The van der Waals surface area contributed by atoms with Gasteiger partial charge >= 0.3 is 12.0 Å². The highest BCUT2D eigenvalue weighted by atomic mass is 16.5. The third-order valence-corrected chi connectivity index (χ3v) is 5.46. The molecule has 1 atom stereocenters. The van der Waals surface area contributed by atoms with Gasteiger partial charge in [-0.05, 0) is 57.4 Å². The number of rotatable bonds is 5. The van der Waals surface area contributed by atoms with E-state index in [0.29, 0.717) is 31.5 Å². The number of benzene rings is 2. The van der Waals surface area contributed by atoms with Crippen LogP contribution in [0.4, 0.5) is 10.5 Å². The zero-order valence-corrected chi connectivity index (χ0v) is 17.7. The van der Waals surface area contributed by atoms with Crippen LogP contribution in [0.1, 0.15) is 41.3 Å². The van der Waals surface area contributed by atoms with Crippen LogP contribution in [-0.2, 0) is 9.53 Å². The third kappa shape index (κ3) is 5.26. The highest BCUT2D eigenvalue weighted by Gasteiger charge is 2.31. The molecule has 2 amide bonds. The fraction of sp³-hybridized carbons (Fsp3) is 0.375. The van der Waals surface area contributed by atoms with Crippen LogP contribution in [0.3, 0.4) is 0 Å². The molecule has 1 aliphatic heterocycles. The number of hydrogen-bond acceptors (Lipinski definition) is 4. The number of aryl methyl sites for hydroxylation is 2. The largest absolute Gasteiger partial charge is 0.454 e. The number of Topliss-reactive ketones (excluding diaryl/α,β-unsaturated/α-hetero) is 1. The van der Waals surface area contributed by atoms with Gasteiger partial charge in [0, 0.05) is 24.3 Å². The van der Waals surface area contributed by atoms with Crippen LogP contribution in [0.25, 0.3) is 0 Å². The van der Waals surface area contributed by atoms with Gasteiger partial charge in [-0.3, -0.25) is 9.59 Å². The van der Waals surface area contributed by atoms with Crippen molar-refractivity contribution in [3.05, 3.63) is 65.2 Å². The van der Waals surface area contributed by atoms with Gasteiger partial charge in [0.05, 0.1) is 5.92 Å². The minimum atomic E-state index is -0.836. The van der Waals surface area contributed by atoms with E-state index in [1.807, 2.05) is 62.4 Å². The second-order valence-corrected chi connectivity index (χ2v) is 7.82. The molecule has 0 saturated carbocycles. The van der Waals surface area contributed by atoms with E-state index in [1.165, 1.54) is 0 Å². The molecule has 1 heterocycles. The SMILES string of the molecule is Cc1ccc(C)c(C(=O)[C@H](C)OC(=O)C2CCN(C(=O)Nc3ccccc3)CC2)c1. The fourth-order valence-electron chi connectivity index (χ4n) is 3.59. The number of urea groups is 1. The van der Waals surface area contributed by atoms with Crippen LogP contribution < -0.4 is 5.32 Å². The molecule has 6 heteroatoms. The summed E-state index contributed by atoms with van der Waals surface area (Å²) in [7, 11) is 0. The van der Waals surface area contributed by atoms with Gasteiger partial charge in [-0.1, -0.05) is 35.9 Å². The highest BCUT2D eigenvalue weighted by Crippen LogP contribution is 2.21. The van der Waals surface area contributed by atoms with E-state index in [1.54, 1.807) is 11.8 Å². The Morgan fingerprint density at radius 1 is 1.03 bits per heavy atom. The smallest absolute Gasteiger partial charge is 0.321 e. The molecular weight excluding hydrogens is 380 g/mol. The summed E-state index contributed by atoms with van der Waals surface area (Å²) in [5.41, 5.74) is 3.18. The lowest BCUT2D eigenvalue weighted by Gasteiger charge is -2.31. The van der Waals surface area contributed by atoms with Gasteiger partial charge in [-0.25, -0.2) is 4.79 Å². The maximum Gasteiger partial charge on any atom is 0.321 e. The molecule has 0 bridgehead atoms. The second kappa shape index (κ2) is 9.57. The number of likely N-dealkylation sites (tertiary alicyclic amines) is 1. The van der Waals surface area contributed by atoms with E-state index in [2.05, 4.69) is 5.32 Å². The highest BCUT2D eigenvalue weighted by molar-refractivity contribution is 6.01. The maximum atomic E-state index is 12.7. The number of nitrogens with one attached hydrogen (secondary N) is 1. The summed E-state index contributed by atoms with van der Waals surface area (Å²) in [5.74, 6) is -0.867. The van der Waals surface area contributed by atoms with Crippen molar-refractivity contribution in [3.8, 4) is 0 Å². The molecule has 3 rings (SSSR count). The molecule has 1 saturated heterocycles. The Kier molecular flexibility index (Phi) is 6.87. The monoisotopic (exact) mass is 408 g/mol. The van der Waals surface area contributed by atoms with Crippen LogP contribution in [0, 0.1) is 19.8 Å². The van der Waals surface area contributed by atoms with Gasteiger partial charge in [-0.2, -0.15) is 0 Å². The number of ether oxygens (including phenoxy) is 1. The fourth-order valence-corrected chi connectivity index (χ4v) is 3.59. The predicted molar refractivity (Wildman–Crippen MR) is 116 cm³/mol. The zero-order chi connectivity index (χ0) is 21.7. The van der Waals surface area contributed by atoms with Crippen molar-refractivity contribution in [2.45, 2.75) is 39.7 Å². The number of anilines is 1. The quantitative estimate of drug-likeness (QED) is 0.589. The van der Waals surface area contributed by atoms with Crippen molar-refractivity contribution >= 4 is 23.5 Å². The van der Waals surface area contributed by atoms with Gasteiger partial charge in [0.25, 0.3) is 0 Å². The molecule has 1 N–H and O–H groups in total. The standard InChI is InChI=1S/C24H28N2O4/c1-16-9-10-17(2)21(15-16)22(27)18(3)30-23(28)19-11-13-26(14-12-19)24(29)25-20-7-5-4-6-8-20/h4-10,15,18-19H,11-14H2,1-3H3,(H,25,29)/t18-/m0/s1. The summed E-state index contributed by atoms with van der Waals surface area (Å²) in [6, 6.07) is 14.8. The topological polar surface area (TPSA) is 75.7 Å². The lowest BCUT2D eigenvalue weighted by molar-refractivity contribution is -0.152. The summed E-state index contributed by atoms with van der Waals surface area (Å²) < 4.78 is 5.48. The summed E-state index contributed by atoms with van der Waals surface area (Å²) in [4.78, 5) is 39.4. The molecule has 1 aliphatic rings. The number of amides is 2. The molecule has 2 aromatic carbocycles. The molecule has 6 nitrogen and oxygen atoms in total. The van der Waals surface area contributed by atoms with Gasteiger partial charge in [0.1, 0.15) is 0 Å². The Hall–Kier alpha value is -3.15. The number of nitrogens with zero attached hydrogens (tertiary/aromatic N) is 1. The lowest BCUT2D eigenvalue weighted by Crippen LogP contribution is -2.43. The Morgan fingerprint density at radius 3 is 2.37 bits per heavy atom. The average Bonchev–Trinajstić information content (AvgIpc) is 2.75. The van der Waals surface area contributed by atoms with Gasteiger partial charge in [0.2, 0.25) is 5.78 Å². The average molecular weight is 408 g/mol. The van der Waals surface area contributed by atoms with Crippen LogP contribution in [0.5, 0.6) is 0 Å². The first-order valence-corrected chi connectivity index (χ1v) is 10.3. The first-order chi connectivity index (χ1) is 14.3. The van der Waals surface area contributed by atoms with Crippen molar-refractivity contribution in [2.24, 2.45) is 5.92 Å². The number of carbonyl (C=O) groups is 3. The molecule has 2 aromatic rings. The van der Waals surface area contributed by atoms with E-state index in [9.17, 15) is 14.4 Å². The maximum absolute atomic E-state index is 12.7. The Morgan fingerprint density at radius 2 is 1.70 bits per heavy atom. The van der Waals surface area contributed by atoms with Crippen molar-refractivity contribution in [2.75, 3.05) is 18.4 Å². The number of piperidine rings is 1. The number of ketones is 1. The van der Waals surface area contributed by atoms with Crippen molar-refractivity contribution in [3.63, 3.8) is 0 Å². The molecule has 0 aromatic heterocycles. The Bertz CT molecular complexity index is 918. The van der Waals surface area contributed by atoms with E-state index in [4.69, 9.17) is 4.74 Å². The number of hydrogen-bond donors (Lipinski definition) is 1. The summed E-state index contributed by atoms with van der Waals surface area (Å²) >= 11 is 0.